The van der Waals surface area contributed by atoms with E-state index in [0.29, 0.717) is 0 Å². The molecule has 0 heterocycles. The van der Waals surface area contributed by atoms with Crippen molar-refractivity contribution in [2.75, 3.05) is 18.5 Å². The fourth-order valence-corrected chi connectivity index (χ4v) is 1.70. The SMILES string of the molecule is Cc1cc(/C=C/C(=O)O)ccc1N(C)CC(N)=O. The molecule has 0 fully saturated rings. The van der Waals surface area contributed by atoms with Gasteiger partial charge in [-0.15, -0.1) is 0 Å². The molecule has 0 bridgehead atoms. The van der Waals surface area contributed by atoms with Crippen LogP contribution in [0.3, 0.4) is 0 Å². The summed E-state index contributed by atoms with van der Waals surface area (Å²) in [5.41, 5.74) is 7.77. The Balaban J connectivity index is 2.92. The summed E-state index contributed by atoms with van der Waals surface area (Å²) in [7, 11) is 1.78. The Morgan fingerprint density at radius 1 is 1.44 bits per heavy atom. The molecule has 0 aromatic heterocycles. The van der Waals surface area contributed by atoms with Gasteiger partial charge in [0.25, 0.3) is 0 Å². The maximum Gasteiger partial charge on any atom is 0.328 e. The van der Waals surface area contributed by atoms with E-state index in [1.165, 1.54) is 6.08 Å². The van der Waals surface area contributed by atoms with Crippen LogP contribution < -0.4 is 10.6 Å². The number of benzene rings is 1. The standard InChI is InChI=1S/C13H16N2O3/c1-9-7-10(4-6-13(17)18)3-5-11(9)15(2)8-12(14)16/h3-7H,8H2,1-2H3,(H2,14,16)(H,17,18)/b6-4+. The molecule has 0 spiro atoms. The molecule has 5 heteroatoms. The lowest BCUT2D eigenvalue weighted by Crippen LogP contribution is -2.30. The van der Waals surface area contributed by atoms with E-state index in [4.69, 9.17) is 10.8 Å². The first-order valence-corrected chi connectivity index (χ1v) is 5.41. The van der Waals surface area contributed by atoms with Crippen LogP contribution >= 0.6 is 0 Å². The quantitative estimate of drug-likeness (QED) is 0.762. The van der Waals surface area contributed by atoms with E-state index < -0.39 is 11.9 Å². The number of carbonyl (C=O) groups excluding carboxylic acids is 1. The highest BCUT2D eigenvalue weighted by molar-refractivity contribution is 5.85. The van der Waals surface area contributed by atoms with E-state index in [-0.39, 0.29) is 6.54 Å². The highest BCUT2D eigenvalue weighted by atomic mass is 16.4. The minimum absolute atomic E-state index is 0.144. The number of amides is 1. The summed E-state index contributed by atoms with van der Waals surface area (Å²) in [6.45, 7) is 2.04. The van der Waals surface area contributed by atoms with Crippen molar-refractivity contribution in [1.82, 2.24) is 0 Å². The van der Waals surface area contributed by atoms with Gasteiger partial charge in [-0.2, -0.15) is 0 Å². The Hall–Kier alpha value is -2.30. The van der Waals surface area contributed by atoms with Crippen molar-refractivity contribution >= 4 is 23.6 Å². The number of likely N-dealkylation sites (N-methyl/N-ethyl adjacent to an activating group) is 1. The van der Waals surface area contributed by atoms with Gasteiger partial charge in [-0.3, -0.25) is 4.79 Å². The topological polar surface area (TPSA) is 83.6 Å². The first-order chi connectivity index (χ1) is 8.40. The molecular weight excluding hydrogens is 232 g/mol. The molecule has 1 rings (SSSR count). The van der Waals surface area contributed by atoms with Crippen LogP contribution in [-0.2, 0) is 9.59 Å². The number of hydrogen-bond acceptors (Lipinski definition) is 3. The summed E-state index contributed by atoms with van der Waals surface area (Å²) in [4.78, 5) is 23.0. The smallest absolute Gasteiger partial charge is 0.328 e. The average molecular weight is 248 g/mol. The van der Waals surface area contributed by atoms with Gasteiger partial charge in [0.15, 0.2) is 0 Å². The molecule has 1 aromatic carbocycles. The molecule has 0 aliphatic heterocycles. The summed E-state index contributed by atoms with van der Waals surface area (Å²) in [5.74, 6) is -1.38. The molecule has 0 radical (unpaired) electrons. The maximum absolute atomic E-state index is 10.8. The number of hydrogen-bond donors (Lipinski definition) is 2. The number of nitrogens with two attached hydrogens (primary N) is 1. The van der Waals surface area contributed by atoms with Gasteiger partial charge in [-0.1, -0.05) is 6.07 Å². The van der Waals surface area contributed by atoms with E-state index in [1.807, 2.05) is 19.1 Å². The Kier molecular flexibility index (Phi) is 4.48. The van der Waals surface area contributed by atoms with Crippen LogP contribution in [0, 0.1) is 6.92 Å². The van der Waals surface area contributed by atoms with Crippen LogP contribution in [0.4, 0.5) is 5.69 Å². The normalized spacial score (nSPS) is 10.6. The molecule has 0 atom stereocenters. The Labute approximate surface area is 106 Å². The van der Waals surface area contributed by atoms with Gasteiger partial charge in [-0.25, -0.2) is 4.79 Å². The number of nitrogens with zero attached hydrogens (tertiary/aromatic N) is 1. The number of rotatable bonds is 5. The van der Waals surface area contributed by atoms with Crippen molar-refractivity contribution in [3.8, 4) is 0 Å². The van der Waals surface area contributed by atoms with Crippen molar-refractivity contribution in [2.24, 2.45) is 5.73 Å². The molecule has 18 heavy (non-hydrogen) atoms. The van der Waals surface area contributed by atoms with Gasteiger partial charge in [0.05, 0.1) is 6.54 Å². The molecule has 96 valence electrons. The number of carbonyl (C=O) groups is 2. The Morgan fingerprint density at radius 2 is 2.11 bits per heavy atom. The van der Waals surface area contributed by atoms with Gasteiger partial charge in [0, 0.05) is 18.8 Å². The minimum Gasteiger partial charge on any atom is -0.478 e. The number of aryl methyl sites for hydroxylation is 1. The molecule has 3 N–H and O–H groups in total. The number of aliphatic carboxylic acids is 1. The summed E-state index contributed by atoms with van der Waals surface area (Å²) < 4.78 is 0. The monoisotopic (exact) mass is 248 g/mol. The molecule has 0 saturated carbocycles. The zero-order valence-electron chi connectivity index (χ0n) is 10.4. The van der Waals surface area contributed by atoms with Gasteiger partial charge < -0.3 is 15.7 Å². The third-order valence-electron chi connectivity index (χ3n) is 2.44. The van der Waals surface area contributed by atoms with Crippen molar-refractivity contribution in [3.05, 3.63) is 35.4 Å². The molecule has 1 amide bonds. The van der Waals surface area contributed by atoms with E-state index in [1.54, 1.807) is 18.0 Å². The molecule has 0 unspecified atom stereocenters. The lowest BCUT2D eigenvalue weighted by Gasteiger charge is -2.19. The van der Waals surface area contributed by atoms with Crippen molar-refractivity contribution in [3.63, 3.8) is 0 Å². The van der Waals surface area contributed by atoms with Crippen molar-refractivity contribution in [2.45, 2.75) is 6.92 Å². The molecule has 5 nitrogen and oxygen atoms in total. The fraction of sp³-hybridized carbons (Fsp3) is 0.231. The predicted octanol–water partition coefficient (Wildman–Crippen LogP) is 1.01. The first kappa shape index (κ1) is 13.8. The minimum atomic E-state index is -0.984. The van der Waals surface area contributed by atoms with E-state index in [9.17, 15) is 9.59 Å². The second kappa shape index (κ2) is 5.86. The summed E-state index contributed by atoms with van der Waals surface area (Å²) in [5, 5.41) is 8.54. The third kappa shape index (κ3) is 3.93. The first-order valence-electron chi connectivity index (χ1n) is 5.41. The predicted molar refractivity (Wildman–Crippen MR) is 70.3 cm³/mol. The second-order valence-corrected chi connectivity index (χ2v) is 4.04. The van der Waals surface area contributed by atoms with Gasteiger partial charge in [0.1, 0.15) is 0 Å². The Bertz CT molecular complexity index is 495. The van der Waals surface area contributed by atoms with E-state index >= 15 is 0 Å². The van der Waals surface area contributed by atoms with Crippen molar-refractivity contribution in [1.29, 1.82) is 0 Å². The molecule has 0 aliphatic rings. The van der Waals surface area contributed by atoms with Crippen LogP contribution in [0.2, 0.25) is 0 Å². The molecule has 0 aliphatic carbocycles. The van der Waals surface area contributed by atoms with Gasteiger partial charge in [-0.05, 0) is 36.3 Å². The number of carboxylic acids is 1. The van der Waals surface area contributed by atoms with Crippen LogP contribution in [0.25, 0.3) is 6.08 Å². The largest absolute Gasteiger partial charge is 0.478 e. The summed E-state index contributed by atoms with van der Waals surface area (Å²) >= 11 is 0. The van der Waals surface area contributed by atoms with Crippen LogP contribution in [0.15, 0.2) is 24.3 Å². The molecular formula is C13H16N2O3. The van der Waals surface area contributed by atoms with Crippen molar-refractivity contribution < 1.29 is 14.7 Å². The highest BCUT2D eigenvalue weighted by Gasteiger charge is 2.07. The number of carboxylic acid groups (broad SMARTS) is 1. The number of anilines is 1. The summed E-state index contributed by atoms with van der Waals surface area (Å²) in [6.07, 6.45) is 2.61. The van der Waals surface area contributed by atoms with Crippen LogP contribution in [0.1, 0.15) is 11.1 Å². The third-order valence-corrected chi connectivity index (χ3v) is 2.44. The molecule has 0 saturated heterocycles. The van der Waals surface area contributed by atoms with E-state index in [2.05, 4.69) is 0 Å². The van der Waals surface area contributed by atoms with E-state index in [0.717, 1.165) is 22.9 Å². The molecule has 1 aromatic rings. The Morgan fingerprint density at radius 3 is 2.61 bits per heavy atom. The fourth-order valence-electron chi connectivity index (χ4n) is 1.70. The van der Waals surface area contributed by atoms with Crippen LogP contribution in [-0.4, -0.2) is 30.6 Å². The zero-order chi connectivity index (χ0) is 13.7. The lowest BCUT2D eigenvalue weighted by atomic mass is 10.1. The second-order valence-electron chi connectivity index (χ2n) is 4.04. The van der Waals surface area contributed by atoms with Crippen LogP contribution in [0.5, 0.6) is 0 Å². The number of primary amides is 1. The lowest BCUT2D eigenvalue weighted by molar-refractivity contribution is -0.131. The van der Waals surface area contributed by atoms with Gasteiger partial charge in [0.2, 0.25) is 5.91 Å². The zero-order valence-corrected chi connectivity index (χ0v) is 10.4. The van der Waals surface area contributed by atoms with Gasteiger partial charge >= 0.3 is 5.97 Å². The average Bonchev–Trinajstić information content (AvgIpc) is 2.25. The maximum atomic E-state index is 10.8. The highest BCUT2D eigenvalue weighted by Crippen LogP contribution is 2.20. The summed E-state index contributed by atoms with van der Waals surface area (Å²) in [6, 6.07) is 5.48.